The number of aliphatic hydroxyl groups is 1. The van der Waals surface area contributed by atoms with Crippen molar-refractivity contribution in [2.75, 3.05) is 0 Å². The maximum Gasteiger partial charge on any atom is 0.0633 e. The van der Waals surface area contributed by atoms with Gasteiger partial charge in [-0.3, -0.25) is 0 Å². The average molecular weight is 152 g/mol. The SMILES string of the molecule is CC1=C[C@@H]2[C@H](C1)[C@@H](O)C2(C)C. The molecule has 0 amide bonds. The maximum atomic E-state index is 9.73. The van der Waals surface area contributed by atoms with Crippen LogP contribution in [0.5, 0.6) is 0 Å². The van der Waals surface area contributed by atoms with E-state index < -0.39 is 0 Å². The molecule has 0 unspecified atom stereocenters. The molecule has 0 spiro atoms. The summed E-state index contributed by atoms with van der Waals surface area (Å²) < 4.78 is 0. The highest BCUT2D eigenvalue weighted by Crippen LogP contribution is 2.57. The first-order valence-corrected chi connectivity index (χ1v) is 4.39. The third-order valence-electron chi connectivity index (χ3n) is 3.51. The molecule has 2 rings (SSSR count). The van der Waals surface area contributed by atoms with Crippen LogP contribution in [0.25, 0.3) is 0 Å². The van der Waals surface area contributed by atoms with E-state index in [-0.39, 0.29) is 11.5 Å². The summed E-state index contributed by atoms with van der Waals surface area (Å²) in [4.78, 5) is 0. The van der Waals surface area contributed by atoms with E-state index in [4.69, 9.17) is 0 Å². The molecule has 62 valence electrons. The topological polar surface area (TPSA) is 20.2 Å². The monoisotopic (exact) mass is 152 g/mol. The lowest BCUT2D eigenvalue weighted by Crippen LogP contribution is -2.55. The zero-order valence-electron chi connectivity index (χ0n) is 7.46. The van der Waals surface area contributed by atoms with Crippen LogP contribution in [0.3, 0.4) is 0 Å². The van der Waals surface area contributed by atoms with E-state index in [0.717, 1.165) is 6.42 Å². The summed E-state index contributed by atoms with van der Waals surface area (Å²) in [6.45, 7) is 6.49. The smallest absolute Gasteiger partial charge is 0.0633 e. The molecule has 2 aliphatic rings. The number of aliphatic hydroxyl groups excluding tert-OH is 1. The Kier molecular flexibility index (Phi) is 1.26. The zero-order valence-corrected chi connectivity index (χ0v) is 7.46. The Morgan fingerprint density at radius 3 is 2.73 bits per heavy atom. The minimum atomic E-state index is -0.0683. The van der Waals surface area contributed by atoms with Gasteiger partial charge in [-0.25, -0.2) is 0 Å². The fourth-order valence-corrected chi connectivity index (χ4v) is 2.70. The number of fused-ring (bicyclic) bond motifs is 1. The van der Waals surface area contributed by atoms with Crippen molar-refractivity contribution < 1.29 is 5.11 Å². The zero-order chi connectivity index (χ0) is 8.22. The minimum Gasteiger partial charge on any atom is -0.392 e. The van der Waals surface area contributed by atoms with Crippen molar-refractivity contribution in [1.29, 1.82) is 0 Å². The second-order valence-corrected chi connectivity index (χ2v) is 4.67. The normalized spacial score (nSPS) is 46.2. The molecule has 0 bridgehead atoms. The van der Waals surface area contributed by atoms with E-state index >= 15 is 0 Å². The van der Waals surface area contributed by atoms with Gasteiger partial charge in [-0.05, 0) is 30.6 Å². The predicted molar refractivity (Wildman–Crippen MR) is 45.1 cm³/mol. The van der Waals surface area contributed by atoms with E-state index in [2.05, 4.69) is 26.8 Å². The quantitative estimate of drug-likeness (QED) is 0.526. The Morgan fingerprint density at radius 2 is 2.18 bits per heavy atom. The Bertz CT molecular complexity index is 215. The third kappa shape index (κ3) is 0.750. The van der Waals surface area contributed by atoms with E-state index in [0.29, 0.717) is 11.8 Å². The molecule has 1 N–H and O–H groups in total. The van der Waals surface area contributed by atoms with Crippen LogP contribution in [-0.2, 0) is 0 Å². The number of rotatable bonds is 0. The molecule has 0 aromatic heterocycles. The van der Waals surface area contributed by atoms with Gasteiger partial charge in [0.1, 0.15) is 0 Å². The average Bonchev–Trinajstić information content (AvgIpc) is 2.29. The van der Waals surface area contributed by atoms with Crippen molar-refractivity contribution in [2.45, 2.75) is 33.3 Å². The molecule has 0 radical (unpaired) electrons. The van der Waals surface area contributed by atoms with E-state index in [1.165, 1.54) is 5.57 Å². The summed E-state index contributed by atoms with van der Waals surface area (Å²) in [7, 11) is 0. The van der Waals surface area contributed by atoms with Crippen molar-refractivity contribution in [1.82, 2.24) is 0 Å². The summed E-state index contributed by atoms with van der Waals surface area (Å²) in [6, 6.07) is 0. The van der Waals surface area contributed by atoms with Crippen LogP contribution in [-0.4, -0.2) is 11.2 Å². The molecule has 1 saturated carbocycles. The molecule has 1 heteroatoms. The lowest BCUT2D eigenvalue weighted by Gasteiger charge is -2.52. The lowest BCUT2D eigenvalue weighted by atomic mass is 9.55. The summed E-state index contributed by atoms with van der Waals surface area (Å²) >= 11 is 0. The number of hydrogen-bond acceptors (Lipinski definition) is 1. The first kappa shape index (κ1) is 7.35. The number of allylic oxidation sites excluding steroid dienone is 2. The van der Waals surface area contributed by atoms with Crippen molar-refractivity contribution in [3.63, 3.8) is 0 Å². The first-order chi connectivity index (χ1) is 5.03. The Hall–Kier alpha value is -0.300. The van der Waals surface area contributed by atoms with Gasteiger partial charge in [-0.2, -0.15) is 0 Å². The van der Waals surface area contributed by atoms with Gasteiger partial charge in [-0.1, -0.05) is 25.5 Å². The van der Waals surface area contributed by atoms with Crippen LogP contribution in [0, 0.1) is 17.3 Å². The predicted octanol–water partition coefficient (Wildman–Crippen LogP) is 1.97. The standard InChI is InChI=1S/C10H16O/c1-6-4-7-8(5-6)10(2,3)9(7)11/h5,7-9,11H,4H2,1-3H3/t7-,8+,9+/m0/s1. The van der Waals surface area contributed by atoms with Crippen LogP contribution in [0.1, 0.15) is 27.2 Å². The van der Waals surface area contributed by atoms with Gasteiger partial charge in [-0.15, -0.1) is 0 Å². The molecule has 11 heavy (non-hydrogen) atoms. The highest BCUT2D eigenvalue weighted by molar-refractivity contribution is 5.23. The minimum absolute atomic E-state index is 0.0683. The molecule has 0 aromatic rings. The highest BCUT2D eigenvalue weighted by atomic mass is 16.3. The molecular weight excluding hydrogens is 136 g/mol. The van der Waals surface area contributed by atoms with Crippen LogP contribution < -0.4 is 0 Å². The van der Waals surface area contributed by atoms with Crippen LogP contribution >= 0.6 is 0 Å². The Morgan fingerprint density at radius 1 is 1.55 bits per heavy atom. The molecule has 1 nitrogen and oxygen atoms in total. The lowest BCUT2D eigenvalue weighted by molar-refractivity contribution is -0.131. The molecule has 3 atom stereocenters. The molecular formula is C10H16O. The van der Waals surface area contributed by atoms with E-state index in [9.17, 15) is 5.11 Å². The van der Waals surface area contributed by atoms with Crippen molar-refractivity contribution in [2.24, 2.45) is 17.3 Å². The largest absolute Gasteiger partial charge is 0.392 e. The Labute approximate surface area is 68.1 Å². The highest BCUT2D eigenvalue weighted by Gasteiger charge is 2.56. The van der Waals surface area contributed by atoms with Gasteiger partial charge in [0.2, 0.25) is 0 Å². The van der Waals surface area contributed by atoms with Crippen molar-refractivity contribution in [3.8, 4) is 0 Å². The summed E-state index contributed by atoms with van der Waals surface area (Å²) in [6.07, 6.45) is 3.40. The van der Waals surface area contributed by atoms with E-state index in [1.54, 1.807) is 0 Å². The maximum absolute atomic E-state index is 9.73. The van der Waals surface area contributed by atoms with Gasteiger partial charge >= 0.3 is 0 Å². The fraction of sp³-hybridized carbons (Fsp3) is 0.800. The third-order valence-corrected chi connectivity index (χ3v) is 3.51. The molecule has 0 aliphatic heterocycles. The van der Waals surface area contributed by atoms with Crippen LogP contribution in [0.4, 0.5) is 0 Å². The van der Waals surface area contributed by atoms with Gasteiger partial charge < -0.3 is 5.11 Å². The molecule has 1 fully saturated rings. The van der Waals surface area contributed by atoms with Crippen LogP contribution in [0.15, 0.2) is 11.6 Å². The molecule has 0 heterocycles. The van der Waals surface area contributed by atoms with Gasteiger partial charge in [0.25, 0.3) is 0 Å². The summed E-state index contributed by atoms with van der Waals surface area (Å²) in [5.41, 5.74) is 1.60. The number of hydrogen-bond donors (Lipinski definition) is 1. The van der Waals surface area contributed by atoms with Gasteiger partial charge in [0.15, 0.2) is 0 Å². The van der Waals surface area contributed by atoms with E-state index in [1.807, 2.05) is 0 Å². The fourth-order valence-electron chi connectivity index (χ4n) is 2.70. The second-order valence-electron chi connectivity index (χ2n) is 4.67. The molecule has 0 saturated heterocycles. The summed E-state index contributed by atoms with van der Waals surface area (Å²) in [5.74, 6) is 1.20. The molecule has 0 aromatic carbocycles. The van der Waals surface area contributed by atoms with Gasteiger partial charge in [0.05, 0.1) is 6.10 Å². The second kappa shape index (κ2) is 1.89. The first-order valence-electron chi connectivity index (χ1n) is 4.39. The van der Waals surface area contributed by atoms with Crippen molar-refractivity contribution in [3.05, 3.63) is 11.6 Å². The Balaban J connectivity index is 2.22. The van der Waals surface area contributed by atoms with Gasteiger partial charge in [0, 0.05) is 0 Å². The van der Waals surface area contributed by atoms with Crippen molar-refractivity contribution >= 4 is 0 Å². The van der Waals surface area contributed by atoms with Crippen LogP contribution in [0.2, 0.25) is 0 Å². The molecule has 2 aliphatic carbocycles. The summed E-state index contributed by atoms with van der Waals surface area (Å²) in [5, 5.41) is 9.73.